The molecule has 0 radical (unpaired) electrons. The van der Waals surface area contributed by atoms with Crippen LogP contribution >= 0.6 is 11.6 Å². The first-order chi connectivity index (χ1) is 10.7. The van der Waals surface area contributed by atoms with Gasteiger partial charge in [-0.25, -0.2) is 4.68 Å². The van der Waals surface area contributed by atoms with Crippen LogP contribution in [-0.4, -0.2) is 45.5 Å². The zero-order valence-electron chi connectivity index (χ0n) is 12.7. The Morgan fingerprint density at radius 3 is 2.86 bits per heavy atom. The summed E-state index contributed by atoms with van der Waals surface area (Å²) in [5.41, 5.74) is 0.862. The first-order valence-electron chi connectivity index (χ1n) is 7.99. The fraction of sp³-hybridized carbons (Fsp3) is 0.667. The molecule has 1 saturated carbocycles. The predicted molar refractivity (Wildman–Crippen MR) is 85.5 cm³/mol. The number of halogens is 1. The van der Waals surface area contributed by atoms with Crippen molar-refractivity contribution in [2.24, 2.45) is 0 Å². The van der Waals surface area contributed by atoms with E-state index in [9.17, 15) is 0 Å². The van der Waals surface area contributed by atoms with Gasteiger partial charge in [0.1, 0.15) is 5.82 Å². The molecule has 2 aromatic heterocycles. The number of anilines is 1. The summed E-state index contributed by atoms with van der Waals surface area (Å²) in [6, 6.07) is 0.719. The molecule has 3 heterocycles. The minimum atomic E-state index is 0.276. The topological polar surface area (TPSA) is 56.1 Å². The second-order valence-corrected chi connectivity index (χ2v) is 6.54. The van der Waals surface area contributed by atoms with Crippen molar-refractivity contribution in [1.29, 1.82) is 0 Å². The van der Waals surface area contributed by atoms with Crippen molar-refractivity contribution in [2.45, 2.75) is 44.7 Å². The third-order valence-corrected chi connectivity index (χ3v) is 4.89. The van der Waals surface area contributed by atoms with Gasteiger partial charge in [-0.2, -0.15) is 15.1 Å². The molecule has 2 aliphatic rings. The third kappa shape index (κ3) is 2.34. The van der Waals surface area contributed by atoms with Gasteiger partial charge in [-0.3, -0.25) is 0 Å². The Kier molecular flexibility index (Phi) is 3.66. The van der Waals surface area contributed by atoms with Gasteiger partial charge in [0, 0.05) is 6.54 Å². The molecule has 2 aromatic rings. The van der Waals surface area contributed by atoms with Gasteiger partial charge in [0.25, 0.3) is 0 Å². The van der Waals surface area contributed by atoms with Crippen LogP contribution in [0.15, 0.2) is 6.20 Å². The zero-order chi connectivity index (χ0) is 15.1. The van der Waals surface area contributed by atoms with Gasteiger partial charge in [0.05, 0.1) is 36.9 Å². The molecule has 4 rings (SSSR count). The van der Waals surface area contributed by atoms with Gasteiger partial charge < -0.3 is 9.64 Å². The van der Waals surface area contributed by atoms with Crippen LogP contribution in [0.4, 0.5) is 5.82 Å². The summed E-state index contributed by atoms with van der Waals surface area (Å²) < 4.78 is 7.57. The molecule has 1 atom stereocenters. The average molecular weight is 322 g/mol. The minimum absolute atomic E-state index is 0.276. The van der Waals surface area contributed by atoms with Crippen molar-refractivity contribution in [3.8, 4) is 0 Å². The molecule has 2 fully saturated rings. The molecule has 0 N–H and O–H groups in total. The predicted octanol–water partition coefficient (Wildman–Crippen LogP) is 2.82. The van der Waals surface area contributed by atoms with Crippen molar-refractivity contribution in [2.75, 3.05) is 24.7 Å². The van der Waals surface area contributed by atoms with Crippen LogP contribution in [0.2, 0.25) is 5.28 Å². The highest BCUT2D eigenvalue weighted by Gasteiger charge is 2.26. The number of aromatic nitrogens is 4. The molecule has 1 aliphatic carbocycles. The number of rotatable bonds is 2. The maximum atomic E-state index is 6.21. The first kappa shape index (κ1) is 14.2. The van der Waals surface area contributed by atoms with Crippen molar-refractivity contribution < 1.29 is 4.74 Å². The Labute approximate surface area is 134 Å². The van der Waals surface area contributed by atoms with Crippen molar-refractivity contribution in [3.63, 3.8) is 0 Å². The molecule has 0 amide bonds. The van der Waals surface area contributed by atoms with Crippen LogP contribution in [-0.2, 0) is 4.74 Å². The molecule has 1 aliphatic heterocycles. The summed E-state index contributed by atoms with van der Waals surface area (Å²) in [7, 11) is 0. The van der Waals surface area contributed by atoms with E-state index in [0.29, 0.717) is 24.5 Å². The fourth-order valence-electron chi connectivity index (χ4n) is 3.56. The highest BCUT2D eigenvalue weighted by Crippen LogP contribution is 2.34. The molecule has 0 bridgehead atoms. The van der Waals surface area contributed by atoms with E-state index in [0.717, 1.165) is 23.4 Å². The largest absolute Gasteiger partial charge is 0.377 e. The lowest BCUT2D eigenvalue weighted by atomic mass is 10.2. The van der Waals surface area contributed by atoms with Crippen LogP contribution in [0, 0.1) is 0 Å². The molecular formula is C15H20ClN5O. The van der Waals surface area contributed by atoms with Crippen LogP contribution in [0.3, 0.4) is 0 Å². The third-order valence-electron chi connectivity index (χ3n) is 4.72. The van der Waals surface area contributed by atoms with Crippen molar-refractivity contribution in [3.05, 3.63) is 11.5 Å². The Morgan fingerprint density at radius 1 is 1.27 bits per heavy atom. The SMILES string of the molecule is CC1COCCN1c1nc(Cl)nc2c1cnn2C1CCCC1. The first-order valence-corrected chi connectivity index (χ1v) is 8.37. The quantitative estimate of drug-likeness (QED) is 0.796. The maximum absolute atomic E-state index is 6.21. The summed E-state index contributed by atoms with van der Waals surface area (Å²) in [4.78, 5) is 11.2. The van der Waals surface area contributed by atoms with Crippen molar-refractivity contribution >= 4 is 28.5 Å². The lowest BCUT2D eigenvalue weighted by Crippen LogP contribution is -2.44. The second-order valence-electron chi connectivity index (χ2n) is 6.20. The Bertz CT molecular complexity index is 682. The summed E-state index contributed by atoms with van der Waals surface area (Å²) in [6.45, 7) is 4.38. The minimum Gasteiger partial charge on any atom is -0.377 e. The fourth-order valence-corrected chi connectivity index (χ4v) is 3.72. The van der Waals surface area contributed by atoms with Crippen LogP contribution < -0.4 is 4.90 Å². The Morgan fingerprint density at radius 2 is 2.09 bits per heavy atom. The number of hydrogen-bond donors (Lipinski definition) is 0. The van der Waals surface area contributed by atoms with Gasteiger partial charge >= 0.3 is 0 Å². The van der Waals surface area contributed by atoms with Crippen molar-refractivity contribution in [1.82, 2.24) is 19.7 Å². The summed E-state index contributed by atoms with van der Waals surface area (Å²) >= 11 is 6.21. The smallest absolute Gasteiger partial charge is 0.226 e. The van der Waals surface area contributed by atoms with E-state index in [1.54, 1.807) is 0 Å². The van der Waals surface area contributed by atoms with Crippen LogP contribution in [0.5, 0.6) is 0 Å². The van der Waals surface area contributed by atoms with Gasteiger partial charge in [-0.05, 0) is 31.4 Å². The number of morpholine rings is 1. The maximum Gasteiger partial charge on any atom is 0.226 e. The summed E-state index contributed by atoms with van der Waals surface area (Å²) in [5.74, 6) is 0.884. The molecule has 1 saturated heterocycles. The van der Waals surface area contributed by atoms with E-state index >= 15 is 0 Å². The zero-order valence-corrected chi connectivity index (χ0v) is 13.5. The number of hydrogen-bond acceptors (Lipinski definition) is 5. The number of ether oxygens (including phenoxy) is 1. The normalized spacial score (nSPS) is 23.5. The molecule has 1 unspecified atom stereocenters. The summed E-state index contributed by atoms with van der Waals surface area (Å²) in [5, 5.41) is 5.88. The van der Waals surface area contributed by atoms with E-state index in [4.69, 9.17) is 16.3 Å². The van der Waals surface area contributed by atoms with Crippen LogP contribution in [0.1, 0.15) is 38.6 Å². The lowest BCUT2D eigenvalue weighted by molar-refractivity contribution is 0.0987. The van der Waals surface area contributed by atoms with E-state index in [2.05, 4.69) is 26.9 Å². The van der Waals surface area contributed by atoms with Crippen LogP contribution in [0.25, 0.3) is 11.0 Å². The van der Waals surface area contributed by atoms with E-state index in [-0.39, 0.29) is 6.04 Å². The second kappa shape index (κ2) is 5.66. The molecule has 0 aromatic carbocycles. The highest BCUT2D eigenvalue weighted by molar-refractivity contribution is 6.28. The lowest BCUT2D eigenvalue weighted by Gasteiger charge is -2.34. The Hall–Kier alpha value is -1.40. The molecule has 118 valence electrons. The van der Waals surface area contributed by atoms with Gasteiger partial charge in [0.15, 0.2) is 5.65 Å². The Balaban J connectivity index is 1.81. The molecule has 7 heteroatoms. The number of nitrogens with zero attached hydrogens (tertiary/aromatic N) is 5. The molecule has 22 heavy (non-hydrogen) atoms. The number of fused-ring (bicyclic) bond motifs is 1. The van der Waals surface area contributed by atoms with Gasteiger partial charge in [-0.15, -0.1) is 0 Å². The monoisotopic (exact) mass is 321 g/mol. The highest BCUT2D eigenvalue weighted by atomic mass is 35.5. The van der Waals surface area contributed by atoms with E-state index in [1.807, 2.05) is 10.9 Å². The van der Waals surface area contributed by atoms with Gasteiger partial charge in [-0.1, -0.05) is 12.8 Å². The molecular weight excluding hydrogens is 302 g/mol. The average Bonchev–Trinajstić information content (AvgIpc) is 3.15. The van der Waals surface area contributed by atoms with Gasteiger partial charge in [0.2, 0.25) is 5.28 Å². The molecule has 0 spiro atoms. The van der Waals surface area contributed by atoms with E-state index < -0.39 is 0 Å². The van der Waals surface area contributed by atoms with E-state index in [1.165, 1.54) is 25.7 Å². The standard InChI is InChI=1S/C15H20ClN5O/c1-10-9-22-7-6-20(10)13-12-8-17-21(11-4-2-3-5-11)14(12)19-15(16)18-13/h8,10-11H,2-7,9H2,1H3. The molecule has 6 nitrogen and oxygen atoms in total. The summed E-state index contributed by atoms with van der Waals surface area (Å²) in [6.07, 6.45) is 6.75.